The second-order valence-electron chi connectivity index (χ2n) is 6.12. The number of methoxy groups -OCH3 is 1. The number of nitrogens with one attached hydrogen (secondary N) is 3. The number of hydrogen-bond acceptors (Lipinski definition) is 3. The summed E-state index contributed by atoms with van der Waals surface area (Å²) in [7, 11) is 3.41. The standard InChI is InChI=1S/C19H32N4O2.HI/c1-6-15(3)23-18(24)10-12-22-19(20-4)21-11-9-16-13-14(2)7-8-17(16)25-5;/h7-8,13,15H,6,9-12H2,1-5H3,(H,23,24)(H2,20,21,22);1H. The van der Waals surface area contributed by atoms with E-state index < -0.39 is 0 Å². The van der Waals surface area contributed by atoms with Gasteiger partial charge in [-0.1, -0.05) is 24.6 Å². The maximum Gasteiger partial charge on any atom is 0.221 e. The van der Waals surface area contributed by atoms with Crippen molar-refractivity contribution < 1.29 is 9.53 Å². The zero-order chi connectivity index (χ0) is 18.7. The molecule has 1 atom stereocenters. The van der Waals surface area contributed by atoms with E-state index in [0.717, 1.165) is 25.1 Å². The van der Waals surface area contributed by atoms with Gasteiger partial charge in [-0.15, -0.1) is 24.0 Å². The predicted octanol–water partition coefficient (Wildman–Crippen LogP) is 2.63. The van der Waals surface area contributed by atoms with Gasteiger partial charge in [0.05, 0.1) is 7.11 Å². The number of carbonyl (C=O) groups is 1. The van der Waals surface area contributed by atoms with Gasteiger partial charge in [0.2, 0.25) is 5.91 Å². The zero-order valence-corrected chi connectivity index (χ0v) is 18.8. The van der Waals surface area contributed by atoms with Crippen molar-refractivity contribution in [1.82, 2.24) is 16.0 Å². The summed E-state index contributed by atoms with van der Waals surface area (Å²) >= 11 is 0. The molecule has 0 aliphatic carbocycles. The Balaban J connectivity index is 0.00000625. The molecule has 1 aromatic carbocycles. The highest BCUT2D eigenvalue weighted by Crippen LogP contribution is 2.19. The molecule has 0 radical (unpaired) electrons. The fourth-order valence-corrected chi connectivity index (χ4v) is 2.38. The van der Waals surface area contributed by atoms with E-state index in [-0.39, 0.29) is 35.9 Å². The topological polar surface area (TPSA) is 74.8 Å². The van der Waals surface area contributed by atoms with Crippen LogP contribution in [0, 0.1) is 6.92 Å². The number of aliphatic imine (C=N–C) groups is 1. The van der Waals surface area contributed by atoms with Crippen LogP contribution in [0.2, 0.25) is 0 Å². The lowest BCUT2D eigenvalue weighted by molar-refractivity contribution is -0.121. The summed E-state index contributed by atoms with van der Waals surface area (Å²) in [5.74, 6) is 1.65. The third kappa shape index (κ3) is 9.26. The molecule has 6 nitrogen and oxygen atoms in total. The van der Waals surface area contributed by atoms with Crippen LogP contribution >= 0.6 is 24.0 Å². The molecule has 0 fully saturated rings. The Hall–Kier alpha value is -1.51. The van der Waals surface area contributed by atoms with Crippen LogP contribution in [-0.2, 0) is 11.2 Å². The summed E-state index contributed by atoms with van der Waals surface area (Å²) in [4.78, 5) is 15.9. The Morgan fingerprint density at radius 3 is 2.58 bits per heavy atom. The number of amides is 1. The van der Waals surface area contributed by atoms with E-state index >= 15 is 0 Å². The fourth-order valence-electron chi connectivity index (χ4n) is 2.38. The van der Waals surface area contributed by atoms with Crippen molar-refractivity contribution in [3.8, 4) is 5.75 Å². The van der Waals surface area contributed by atoms with Gasteiger partial charge in [0, 0.05) is 32.6 Å². The molecule has 0 aliphatic heterocycles. The zero-order valence-electron chi connectivity index (χ0n) is 16.5. The van der Waals surface area contributed by atoms with Crippen LogP contribution in [-0.4, -0.2) is 45.2 Å². The number of carbonyl (C=O) groups excluding carboxylic acids is 1. The summed E-state index contributed by atoms with van der Waals surface area (Å²) in [6.45, 7) is 7.42. The van der Waals surface area contributed by atoms with Gasteiger partial charge in [0.25, 0.3) is 0 Å². The number of rotatable bonds is 9. The number of hydrogen-bond donors (Lipinski definition) is 3. The molecular weight excluding hydrogens is 443 g/mol. The maximum atomic E-state index is 11.8. The second kappa shape index (κ2) is 13.7. The Labute approximate surface area is 174 Å². The van der Waals surface area contributed by atoms with Crippen LogP contribution in [0.3, 0.4) is 0 Å². The van der Waals surface area contributed by atoms with Crippen LogP contribution in [0.5, 0.6) is 5.75 Å². The van der Waals surface area contributed by atoms with Crippen molar-refractivity contribution in [1.29, 1.82) is 0 Å². The highest BCUT2D eigenvalue weighted by molar-refractivity contribution is 14.0. The molecule has 0 saturated heterocycles. The minimum absolute atomic E-state index is 0. The number of guanidine groups is 1. The van der Waals surface area contributed by atoms with E-state index in [2.05, 4.69) is 40.9 Å². The Kier molecular flexibility index (Phi) is 12.9. The molecule has 148 valence electrons. The monoisotopic (exact) mass is 476 g/mol. The van der Waals surface area contributed by atoms with E-state index in [4.69, 9.17) is 4.74 Å². The van der Waals surface area contributed by atoms with Crippen LogP contribution in [0.15, 0.2) is 23.2 Å². The van der Waals surface area contributed by atoms with E-state index in [1.165, 1.54) is 11.1 Å². The lowest BCUT2D eigenvalue weighted by Crippen LogP contribution is -2.41. The Morgan fingerprint density at radius 1 is 1.27 bits per heavy atom. The summed E-state index contributed by atoms with van der Waals surface area (Å²) in [6, 6.07) is 6.39. The van der Waals surface area contributed by atoms with E-state index in [1.54, 1.807) is 14.2 Å². The summed E-state index contributed by atoms with van der Waals surface area (Å²) < 4.78 is 5.40. The quantitative estimate of drug-likeness (QED) is 0.291. The van der Waals surface area contributed by atoms with Gasteiger partial charge in [-0.2, -0.15) is 0 Å². The van der Waals surface area contributed by atoms with Gasteiger partial charge in [0.15, 0.2) is 5.96 Å². The van der Waals surface area contributed by atoms with Crippen molar-refractivity contribution in [2.24, 2.45) is 4.99 Å². The van der Waals surface area contributed by atoms with Crippen LogP contribution in [0.1, 0.15) is 37.8 Å². The minimum atomic E-state index is 0. The van der Waals surface area contributed by atoms with Gasteiger partial charge in [-0.3, -0.25) is 9.79 Å². The normalized spacial score (nSPS) is 12.0. The largest absolute Gasteiger partial charge is 0.496 e. The third-order valence-electron chi connectivity index (χ3n) is 4.01. The van der Waals surface area contributed by atoms with Gasteiger partial charge in [0.1, 0.15) is 5.75 Å². The molecule has 0 saturated carbocycles. The number of halogens is 1. The summed E-state index contributed by atoms with van der Waals surface area (Å²) in [6.07, 6.45) is 2.20. The van der Waals surface area contributed by atoms with Gasteiger partial charge in [-0.25, -0.2) is 0 Å². The molecule has 3 N–H and O–H groups in total. The van der Waals surface area contributed by atoms with Crippen molar-refractivity contribution in [2.45, 2.75) is 46.1 Å². The molecule has 7 heteroatoms. The van der Waals surface area contributed by atoms with E-state index in [1.807, 2.05) is 19.1 Å². The lowest BCUT2D eigenvalue weighted by atomic mass is 10.1. The van der Waals surface area contributed by atoms with Crippen LogP contribution < -0.4 is 20.7 Å². The van der Waals surface area contributed by atoms with Gasteiger partial charge < -0.3 is 20.7 Å². The average Bonchev–Trinajstić information content (AvgIpc) is 2.60. The van der Waals surface area contributed by atoms with Crippen molar-refractivity contribution in [2.75, 3.05) is 27.2 Å². The second-order valence-corrected chi connectivity index (χ2v) is 6.12. The first kappa shape index (κ1) is 24.5. The highest BCUT2D eigenvalue weighted by atomic mass is 127. The van der Waals surface area contributed by atoms with Crippen LogP contribution in [0.25, 0.3) is 0 Å². The predicted molar refractivity (Wildman–Crippen MR) is 119 cm³/mol. The molecule has 0 bridgehead atoms. The molecule has 0 heterocycles. The number of benzene rings is 1. The molecular formula is C19H33IN4O2. The maximum absolute atomic E-state index is 11.8. The summed E-state index contributed by atoms with van der Waals surface area (Å²) in [5.41, 5.74) is 2.38. The van der Waals surface area contributed by atoms with E-state index in [9.17, 15) is 4.79 Å². The Morgan fingerprint density at radius 2 is 1.96 bits per heavy atom. The third-order valence-corrected chi connectivity index (χ3v) is 4.01. The molecule has 0 aromatic heterocycles. The van der Waals surface area contributed by atoms with Gasteiger partial charge >= 0.3 is 0 Å². The smallest absolute Gasteiger partial charge is 0.221 e. The molecule has 26 heavy (non-hydrogen) atoms. The molecule has 1 aromatic rings. The fraction of sp³-hybridized carbons (Fsp3) is 0.579. The van der Waals surface area contributed by atoms with Crippen LogP contribution in [0.4, 0.5) is 0 Å². The first-order valence-corrected chi connectivity index (χ1v) is 8.87. The molecule has 1 rings (SSSR count). The van der Waals surface area contributed by atoms with Crippen molar-refractivity contribution in [3.05, 3.63) is 29.3 Å². The number of nitrogens with zero attached hydrogens (tertiary/aromatic N) is 1. The molecule has 1 unspecified atom stereocenters. The first-order chi connectivity index (χ1) is 12.0. The van der Waals surface area contributed by atoms with E-state index in [0.29, 0.717) is 18.9 Å². The lowest BCUT2D eigenvalue weighted by Gasteiger charge is -2.14. The SMILES string of the molecule is CCC(C)NC(=O)CCNC(=NC)NCCc1cc(C)ccc1OC.I. The van der Waals surface area contributed by atoms with Crippen molar-refractivity contribution >= 4 is 35.8 Å². The number of aryl methyl sites for hydroxylation is 1. The molecule has 0 aliphatic rings. The van der Waals surface area contributed by atoms with Crippen molar-refractivity contribution in [3.63, 3.8) is 0 Å². The average molecular weight is 476 g/mol. The summed E-state index contributed by atoms with van der Waals surface area (Å²) in [5, 5.41) is 9.38. The highest BCUT2D eigenvalue weighted by Gasteiger charge is 2.06. The number of ether oxygens (including phenoxy) is 1. The Bertz CT molecular complexity index is 579. The minimum Gasteiger partial charge on any atom is -0.496 e. The molecule has 1 amide bonds. The van der Waals surface area contributed by atoms with Gasteiger partial charge in [-0.05, 0) is 38.3 Å². The molecule has 0 spiro atoms. The first-order valence-electron chi connectivity index (χ1n) is 8.87.